The third kappa shape index (κ3) is 2.29. The lowest BCUT2D eigenvalue weighted by Gasteiger charge is -2.42. The van der Waals surface area contributed by atoms with E-state index in [9.17, 15) is 9.90 Å². The molecule has 94 valence electrons. The zero-order chi connectivity index (χ0) is 12.6. The predicted molar refractivity (Wildman–Crippen MR) is 68.1 cm³/mol. The van der Waals surface area contributed by atoms with Crippen molar-refractivity contribution in [1.82, 2.24) is 4.57 Å². The van der Waals surface area contributed by atoms with Gasteiger partial charge in [-0.2, -0.15) is 0 Å². The van der Waals surface area contributed by atoms with E-state index < -0.39 is 0 Å². The quantitative estimate of drug-likeness (QED) is 0.811. The van der Waals surface area contributed by atoms with Gasteiger partial charge >= 0.3 is 0 Å². The molecule has 1 N–H and O–H groups in total. The third-order valence-electron chi connectivity index (χ3n) is 4.02. The topological polar surface area (TPSA) is 42.2 Å². The highest BCUT2D eigenvalue weighted by Gasteiger charge is 2.37. The van der Waals surface area contributed by atoms with E-state index in [2.05, 4.69) is 13.8 Å². The number of pyridine rings is 1. The molecule has 0 amide bonds. The van der Waals surface area contributed by atoms with Gasteiger partial charge in [-0.25, -0.2) is 0 Å². The number of aromatic nitrogens is 1. The van der Waals surface area contributed by atoms with Crippen LogP contribution in [0.4, 0.5) is 0 Å². The van der Waals surface area contributed by atoms with Crippen LogP contribution in [-0.2, 0) is 0 Å². The molecule has 1 aliphatic carbocycles. The van der Waals surface area contributed by atoms with Gasteiger partial charge in [0.25, 0.3) is 5.56 Å². The van der Waals surface area contributed by atoms with Crippen LogP contribution in [0.15, 0.2) is 23.0 Å². The SMILES string of the molecule is Cc1cccc(=O)n1C1CC(O)CCC1(C)C. The molecular weight excluding hydrogens is 214 g/mol. The monoisotopic (exact) mass is 235 g/mol. The van der Waals surface area contributed by atoms with Crippen molar-refractivity contribution in [1.29, 1.82) is 0 Å². The molecule has 17 heavy (non-hydrogen) atoms. The summed E-state index contributed by atoms with van der Waals surface area (Å²) in [4.78, 5) is 12.0. The fraction of sp³-hybridized carbons (Fsp3) is 0.643. The number of aryl methyl sites for hydroxylation is 1. The van der Waals surface area contributed by atoms with Crippen LogP contribution in [0.25, 0.3) is 0 Å². The summed E-state index contributed by atoms with van der Waals surface area (Å²) in [5.41, 5.74) is 1.08. The first-order valence-electron chi connectivity index (χ1n) is 6.28. The Morgan fingerprint density at radius 3 is 2.76 bits per heavy atom. The Kier molecular flexibility index (Phi) is 3.13. The van der Waals surface area contributed by atoms with Gasteiger partial charge in [0.1, 0.15) is 0 Å². The Bertz CT molecular complexity index is 462. The van der Waals surface area contributed by atoms with Crippen molar-refractivity contribution in [3.05, 3.63) is 34.2 Å². The van der Waals surface area contributed by atoms with Gasteiger partial charge in [0.15, 0.2) is 0 Å². The molecule has 2 unspecified atom stereocenters. The molecule has 0 saturated heterocycles. The second kappa shape index (κ2) is 4.30. The first-order valence-corrected chi connectivity index (χ1v) is 6.28. The van der Waals surface area contributed by atoms with Gasteiger partial charge in [0.05, 0.1) is 6.10 Å². The summed E-state index contributed by atoms with van der Waals surface area (Å²) in [7, 11) is 0. The lowest BCUT2D eigenvalue weighted by Crippen LogP contribution is -2.40. The number of hydrogen-bond donors (Lipinski definition) is 1. The van der Waals surface area contributed by atoms with Crippen LogP contribution in [-0.4, -0.2) is 15.8 Å². The highest BCUT2D eigenvalue weighted by Crippen LogP contribution is 2.43. The number of rotatable bonds is 1. The van der Waals surface area contributed by atoms with Gasteiger partial charge in [-0.3, -0.25) is 4.79 Å². The van der Waals surface area contributed by atoms with Crippen molar-refractivity contribution in [3.63, 3.8) is 0 Å². The van der Waals surface area contributed by atoms with E-state index in [0.717, 1.165) is 18.5 Å². The molecule has 0 aromatic carbocycles. The Morgan fingerprint density at radius 1 is 1.41 bits per heavy atom. The molecule has 2 rings (SSSR count). The zero-order valence-electron chi connectivity index (χ0n) is 10.8. The van der Waals surface area contributed by atoms with Gasteiger partial charge in [-0.15, -0.1) is 0 Å². The van der Waals surface area contributed by atoms with Gasteiger partial charge in [0.2, 0.25) is 0 Å². The summed E-state index contributed by atoms with van der Waals surface area (Å²) in [5, 5.41) is 9.84. The Balaban J connectivity index is 2.47. The van der Waals surface area contributed by atoms with Crippen molar-refractivity contribution in [3.8, 4) is 0 Å². The van der Waals surface area contributed by atoms with Crippen LogP contribution < -0.4 is 5.56 Å². The van der Waals surface area contributed by atoms with Gasteiger partial charge in [-0.1, -0.05) is 19.9 Å². The maximum absolute atomic E-state index is 12.0. The normalized spacial score (nSPS) is 28.0. The Hall–Kier alpha value is -1.09. The fourth-order valence-electron chi connectivity index (χ4n) is 2.86. The van der Waals surface area contributed by atoms with E-state index in [-0.39, 0.29) is 23.1 Å². The summed E-state index contributed by atoms with van der Waals surface area (Å²) < 4.78 is 1.85. The van der Waals surface area contributed by atoms with E-state index in [0.29, 0.717) is 6.42 Å². The molecule has 0 aliphatic heterocycles. The molecule has 2 atom stereocenters. The highest BCUT2D eigenvalue weighted by molar-refractivity contribution is 5.08. The average Bonchev–Trinajstić information content (AvgIpc) is 2.23. The fourth-order valence-corrected chi connectivity index (χ4v) is 2.86. The molecule has 1 fully saturated rings. The largest absolute Gasteiger partial charge is 0.393 e. The number of aliphatic hydroxyl groups is 1. The molecule has 3 heteroatoms. The van der Waals surface area contributed by atoms with Crippen molar-refractivity contribution < 1.29 is 5.11 Å². The van der Waals surface area contributed by atoms with Crippen molar-refractivity contribution in [2.75, 3.05) is 0 Å². The highest BCUT2D eigenvalue weighted by atomic mass is 16.3. The zero-order valence-corrected chi connectivity index (χ0v) is 10.8. The minimum absolute atomic E-state index is 0.0391. The van der Waals surface area contributed by atoms with Crippen LogP contribution >= 0.6 is 0 Å². The summed E-state index contributed by atoms with van der Waals surface area (Å²) in [6, 6.07) is 5.45. The van der Waals surface area contributed by atoms with Crippen molar-refractivity contribution in [2.24, 2.45) is 5.41 Å². The van der Waals surface area contributed by atoms with Crippen molar-refractivity contribution >= 4 is 0 Å². The molecule has 1 heterocycles. The first kappa shape index (κ1) is 12.4. The van der Waals surface area contributed by atoms with Crippen LogP contribution in [0, 0.1) is 12.3 Å². The van der Waals surface area contributed by atoms with E-state index in [4.69, 9.17) is 0 Å². The second-order valence-corrected chi connectivity index (χ2v) is 5.81. The molecule has 1 aromatic rings. The second-order valence-electron chi connectivity index (χ2n) is 5.81. The van der Waals surface area contributed by atoms with Crippen LogP contribution in [0.5, 0.6) is 0 Å². The average molecular weight is 235 g/mol. The van der Waals surface area contributed by atoms with Crippen LogP contribution in [0.2, 0.25) is 0 Å². The van der Waals surface area contributed by atoms with E-state index in [1.165, 1.54) is 0 Å². The summed E-state index contributed by atoms with van der Waals surface area (Å²) in [6.07, 6.45) is 2.20. The van der Waals surface area contributed by atoms with Gasteiger partial charge in [-0.05, 0) is 37.7 Å². The van der Waals surface area contributed by atoms with Crippen LogP contribution in [0.1, 0.15) is 44.8 Å². The number of nitrogens with zero attached hydrogens (tertiary/aromatic N) is 1. The maximum atomic E-state index is 12.0. The first-order chi connectivity index (χ1) is 7.92. The lowest BCUT2D eigenvalue weighted by molar-refractivity contribution is 0.0321. The van der Waals surface area contributed by atoms with Crippen molar-refractivity contribution in [2.45, 2.75) is 52.2 Å². The molecule has 0 spiro atoms. The minimum Gasteiger partial charge on any atom is -0.393 e. The van der Waals surface area contributed by atoms with E-state index in [1.807, 2.05) is 17.6 Å². The number of hydrogen-bond acceptors (Lipinski definition) is 2. The molecule has 1 saturated carbocycles. The Morgan fingerprint density at radius 2 is 2.12 bits per heavy atom. The molecule has 3 nitrogen and oxygen atoms in total. The molecule has 0 bridgehead atoms. The summed E-state index contributed by atoms with van der Waals surface area (Å²) in [6.45, 7) is 6.32. The van der Waals surface area contributed by atoms with Gasteiger partial charge < -0.3 is 9.67 Å². The number of aliphatic hydroxyl groups excluding tert-OH is 1. The van der Waals surface area contributed by atoms with E-state index in [1.54, 1.807) is 12.1 Å². The predicted octanol–water partition coefficient (Wildman–Crippen LogP) is 2.27. The third-order valence-corrected chi connectivity index (χ3v) is 4.02. The maximum Gasteiger partial charge on any atom is 0.250 e. The minimum atomic E-state index is -0.278. The summed E-state index contributed by atoms with van der Waals surface area (Å²) >= 11 is 0. The standard InChI is InChI=1S/C14H21NO2/c1-10-5-4-6-13(17)15(10)12-9-11(16)7-8-14(12,2)3/h4-6,11-12,16H,7-9H2,1-3H3. The van der Waals surface area contributed by atoms with Crippen LogP contribution in [0.3, 0.4) is 0 Å². The van der Waals surface area contributed by atoms with Gasteiger partial charge in [0, 0.05) is 17.8 Å². The molecular formula is C14H21NO2. The smallest absolute Gasteiger partial charge is 0.250 e. The molecule has 1 aromatic heterocycles. The molecule has 1 aliphatic rings. The summed E-state index contributed by atoms with van der Waals surface area (Å²) in [5.74, 6) is 0. The Labute approximate surface area is 102 Å². The molecule has 0 radical (unpaired) electrons. The lowest BCUT2D eigenvalue weighted by atomic mass is 9.72. The van der Waals surface area contributed by atoms with E-state index >= 15 is 0 Å².